The highest BCUT2D eigenvalue weighted by atomic mass is 19.2. The molecule has 0 bridgehead atoms. The molecule has 0 aliphatic heterocycles. The van der Waals surface area contributed by atoms with Crippen molar-refractivity contribution in [2.75, 3.05) is 11.1 Å². The van der Waals surface area contributed by atoms with E-state index in [1.807, 2.05) is 42.1 Å². The number of carbonyl (C=O) groups excluding carboxylic acids is 1. The van der Waals surface area contributed by atoms with Gasteiger partial charge in [0.2, 0.25) is 0 Å². The Morgan fingerprint density at radius 3 is 2.61 bits per heavy atom. The maximum Gasteiger partial charge on any atom is 0.255 e. The molecule has 0 saturated carbocycles. The van der Waals surface area contributed by atoms with Gasteiger partial charge in [-0.3, -0.25) is 4.79 Å². The molecule has 5 rings (SSSR count). The van der Waals surface area contributed by atoms with Gasteiger partial charge < -0.3 is 20.9 Å². The Balaban J connectivity index is 1.29. The molecule has 0 aliphatic rings. The van der Waals surface area contributed by atoms with E-state index in [9.17, 15) is 13.6 Å². The predicted molar refractivity (Wildman–Crippen MR) is 142 cm³/mol. The zero-order valence-electron chi connectivity index (χ0n) is 20.7. The Bertz CT molecular complexity index is 1630. The van der Waals surface area contributed by atoms with E-state index in [1.165, 1.54) is 12.4 Å². The quantitative estimate of drug-likeness (QED) is 0.283. The second kappa shape index (κ2) is 10.3. The normalized spacial score (nSPS) is 11.9. The summed E-state index contributed by atoms with van der Waals surface area (Å²) in [4.78, 5) is 25.7. The first-order chi connectivity index (χ1) is 18.3. The minimum atomic E-state index is -0.962. The van der Waals surface area contributed by atoms with Crippen LogP contribution in [0.15, 0.2) is 73.3 Å². The Morgan fingerprint density at radius 2 is 1.84 bits per heavy atom. The van der Waals surface area contributed by atoms with E-state index < -0.39 is 17.7 Å². The summed E-state index contributed by atoms with van der Waals surface area (Å²) in [6.07, 6.45) is 5.02. The number of nitrogens with two attached hydrogens (primary N) is 1. The van der Waals surface area contributed by atoms with Gasteiger partial charge in [0, 0.05) is 31.5 Å². The van der Waals surface area contributed by atoms with Gasteiger partial charge in [-0.2, -0.15) is 0 Å². The molecule has 5 aromatic rings. The molecule has 0 spiro atoms. The van der Waals surface area contributed by atoms with Crippen LogP contribution in [0.3, 0.4) is 0 Å². The number of hydrogen-bond acceptors (Lipinski definition) is 6. The molecule has 0 fully saturated rings. The molecule has 0 unspecified atom stereocenters. The van der Waals surface area contributed by atoms with E-state index in [2.05, 4.69) is 25.6 Å². The van der Waals surface area contributed by atoms with Crippen LogP contribution in [0.5, 0.6) is 0 Å². The largest absolute Gasteiger partial charge is 0.383 e. The molecule has 10 heteroatoms. The van der Waals surface area contributed by atoms with Gasteiger partial charge >= 0.3 is 0 Å². The maximum atomic E-state index is 13.6. The zero-order valence-corrected chi connectivity index (χ0v) is 20.7. The van der Waals surface area contributed by atoms with E-state index in [0.29, 0.717) is 29.3 Å². The molecule has 2 aromatic carbocycles. The molecule has 1 atom stereocenters. The highest BCUT2D eigenvalue weighted by Crippen LogP contribution is 2.32. The Morgan fingerprint density at radius 1 is 1.05 bits per heavy atom. The van der Waals surface area contributed by atoms with Crippen molar-refractivity contribution >= 4 is 28.6 Å². The molecule has 0 saturated heterocycles. The van der Waals surface area contributed by atoms with Crippen molar-refractivity contribution in [1.82, 2.24) is 24.8 Å². The van der Waals surface area contributed by atoms with Crippen molar-refractivity contribution in [3.8, 4) is 11.1 Å². The van der Waals surface area contributed by atoms with Crippen LogP contribution in [0.1, 0.15) is 34.5 Å². The Hall–Kier alpha value is -4.86. The second-order valence-electron chi connectivity index (χ2n) is 8.93. The number of halogens is 2. The van der Waals surface area contributed by atoms with Crippen LogP contribution < -0.4 is 16.4 Å². The highest BCUT2D eigenvalue weighted by molar-refractivity contribution is 6.00. The summed E-state index contributed by atoms with van der Waals surface area (Å²) < 4.78 is 28.8. The Labute approximate surface area is 217 Å². The number of pyridine rings is 1. The average Bonchev–Trinajstić information content (AvgIpc) is 3.27. The summed E-state index contributed by atoms with van der Waals surface area (Å²) in [7, 11) is 1.91. The van der Waals surface area contributed by atoms with Crippen molar-refractivity contribution in [3.63, 3.8) is 0 Å². The van der Waals surface area contributed by atoms with E-state index in [4.69, 9.17) is 5.73 Å². The number of nitrogens with one attached hydrogen (secondary N) is 2. The molecule has 38 heavy (non-hydrogen) atoms. The molecule has 3 aromatic heterocycles. The lowest BCUT2D eigenvalue weighted by atomic mass is 10.0. The number of amides is 1. The van der Waals surface area contributed by atoms with E-state index in [-0.39, 0.29) is 5.91 Å². The van der Waals surface area contributed by atoms with Crippen LogP contribution in [0.2, 0.25) is 0 Å². The lowest BCUT2D eigenvalue weighted by Gasteiger charge is -2.16. The van der Waals surface area contributed by atoms with Crippen molar-refractivity contribution in [2.24, 2.45) is 7.05 Å². The van der Waals surface area contributed by atoms with Crippen molar-refractivity contribution < 1.29 is 13.6 Å². The number of nitrogen functional groups attached to an aromatic ring is 1. The van der Waals surface area contributed by atoms with Gasteiger partial charge in [-0.25, -0.2) is 23.7 Å². The number of aromatic nitrogens is 4. The van der Waals surface area contributed by atoms with Gasteiger partial charge in [0.1, 0.15) is 23.6 Å². The van der Waals surface area contributed by atoms with Crippen molar-refractivity contribution in [3.05, 3.63) is 102 Å². The number of rotatable bonds is 7. The SMILES string of the molecule is C[C@H](NC(=O)c1cccnc1NCc1ccc(-c2cn(C)c3ncnc(N)c23)cc1)c1ccc(F)c(F)c1. The van der Waals surface area contributed by atoms with E-state index in [0.717, 1.165) is 39.9 Å². The standard InChI is InChI=1S/C28H25F2N7O/c1-16(19-9-10-22(29)23(30)12-19)36-28(38)20-4-3-11-32-26(20)33-13-17-5-7-18(8-6-17)21-14-37(2)27-24(21)25(31)34-15-35-27/h3-12,14-16H,13H2,1-2H3,(H,32,33)(H,36,38)(H2,31,34,35)/t16-/m0/s1. The first-order valence-corrected chi connectivity index (χ1v) is 11.9. The van der Waals surface area contributed by atoms with Crippen LogP contribution in [0.4, 0.5) is 20.4 Å². The van der Waals surface area contributed by atoms with Gasteiger partial charge in [-0.1, -0.05) is 30.3 Å². The molecular weight excluding hydrogens is 488 g/mol. The van der Waals surface area contributed by atoms with Gasteiger partial charge in [0.15, 0.2) is 11.6 Å². The van der Waals surface area contributed by atoms with Gasteiger partial charge in [-0.15, -0.1) is 0 Å². The molecule has 4 N–H and O–H groups in total. The Kier molecular flexibility index (Phi) is 6.69. The molecule has 3 heterocycles. The van der Waals surface area contributed by atoms with E-state index >= 15 is 0 Å². The van der Waals surface area contributed by atoms with Crippen LogP contribution in [0.25, 0.3) is 22.2 Å². The molecule has 1 amide bonds. The first kappa shape index (κ1) is 24.8. The van der Waals surface area contributed by atoms with Crippen LogP contribution >= 0.6 is 0 Å². The van der Waals surface area contributed by atoms with Crippen molar-refractivity contribution in [1.29, 1.82) is 0 Å². The van der Waals surface area contributed by atoms with Crippen LogP contribution in [-0.2, 0) is 13.6 Å². The third-order valence-electron chi connectivity index (χ3n) is 6.35. The number of aryl methyl sites for hydroxylation is 1. The fraction of sp³-hybridized carbons (Fsp3) is 0.143. The zero-order chi connectivity index (χ0) is 26.8. The average molecular weight is 514 g/mol. The third-order valence-corrected chi connectivity index (χ3v) is 6.35. The minimum absolute atomic E-state index is 0.338. The third kappa shape index (κ3) is 4.88. The number of fused-ring (bicyclic) bond motifs is 1. The van der Waals surface area contributed by atoms with Gasteiger partial charge in [0.25, 0.3) is 5.91 Å². The number of nitrogens with zero attached hydrogens (tertiary/aromatic N) is 4. The molecule has 192 valence electrons. The summed E-state index contributed by atoms with van der Waals surface area (Å²) in [5.41, 5.74) is 10.6. The summed E-state index contributed by atoms with van der Waals surface area (Å²) in [6, 6.07) is 14.3. The smallest absolute Gasteiger partial charge is 0.255 e. The lowest BCUT2D eigenvalue weighted by Crippen LogP contribution is -2.27. The summed E-state index contributed by atoms with van der Waals surface area (Å²) in [6.45, 7) is 2.13. The molecule has 0 aliphatic carbocycles. The summed E-state index contributed by atoms with van der Waals surface area (Å²) in [5.74, 6) is -1.45. The predicted octanol–water partition coefficient (Wildman–Crippen LogP) is 4.99. The number of benzene rings is 2. The van der Waals surface area contributed by atoms with E-state index in [1.54, 1.807) is 25.3 Å². The van der Waals surface area contributed by atoms with Gasteiger partial charge in [0.05, 0.1) is 17.0 Å². The summed E-state index contributed by atoms with van der Waals surface area (Å²) in [5, 5.41) is 6.84. The maximum absolute atomic E-state index is 13.6. The monoisotopic (exact) mass is 513 g/mol. The first-order valence-electron chi connectivity index (χ1n) is 11.9. The minimum Gasteiger partial charge on any atom is -0.383 e. The molecular formula is C28H25F2N7O. The van der Waals surface area contributed by atoms with Crippen LogP contribution in [0, 0.1) is 11.6 Å². The highest BCUT2D eigenvalue weighted by Gasteiger charge is 2.17. The number of hydrogen-bond donors (Lipinski definition) is 3. The summed E-state index contributed by atoms with van der Waals surface area (Å²) >= 11 is 0. The van der Waals surface area contributed by atoms with Crippen LogP contribution in [-0.4, -0.2) is 25.4 Å². The lowest BCUT2D eigenvalue weighted by molar-refractivity contribution is 0.0940. The van der Waals surface area contributed by atoms with Crippen molar-refractivity contribution in [2.45, 2.75) is 19.5 Å². The van der Waals surface area contributed by atoms with Gasteiger partial charge in [-0.05, 0) is 47.9 Å². The fourth-order valence-electron chi connectivity index (χ4n) is 4.31. The number of carbonyl (C=O) groups is 1. The molecule has 8 nitrogen and oxygen atoms in total. The topological polar surface area (TPSA) is 111 Å². The number of anilines is 2. The molecule has 0 radical (unpaired) electrons. The fourth-order valence-corrected chi connectivity index (χ4v) is 4.31. The second-order valence-corrected chi connectivity index (χ2v) is 8.93.